The van der Waals surface area contributed by atoms with E-state index in [1.807, 2.05) is 24.3 Å². The molecular weight excluding hydrogens is 328 g/mol. The van der Waals surface area contributed by atoms with E-state index in [4.69, 9.17) is 31.7 Å². The highest BCUT2D eigenvalue weighted by molar-refractivity contribution is 6.17. The van der Waals surface area contributed by atoms with Crippen molar-refractivity contribution in [2.24, 2.45) is 0 Å². The summed E-state index contributed by atoms with van der Waals surface area (Å²) in [4.78, 5) is 0. The van der Waals surface area contributed by atoms with Crippen molar-refractivity contribution in [1.29, 1.82) is 0 Å². The number of aromatic hydroxyl groups is 1. The van der Waals surface area contributed by atoms with Crippen molar-refractivity contribution in [2.45, 2.75) is 19.3 Å². The van der Waals surface area contributed by atoms with Crippen LogP contribution in [0.5, 0.6) is 11.5 Å². The van der Waals surface area contributed by atoms with Gasteiger partial charge in [0.15, 0.2) is 0 Å². The Morgan fingerprint density at radius 2 is 1.29 bits per heavy atom. The van der Waals surface area contributed by atoms with Gasteiger partial charge in [0.05, 0.1) is 6.61 Å². The molecule has 4 nitrogen and oxygen atoms in total. The molecule has 3 N–H and O–H groups in total. The summed E-state index contributed by atoms with van der Waals surface area (Å²) < 4.78 is 5.43. The van der Waals surface area contributed by atoms with Crippen molar-refractivity contribution in [3.63, 3.8) is 0 Å². The maximum absolute atomic E-state index is 8.86. The number of phenols is 1. The van der Waals surface area contributed by atoms with Crippen molar-refractivity contribution in [3.05, 3.63) is 59.7 Å². The molecule has 132 valence electrons. The Bertz CT molecular complexity index is 540. The Labute approximate surface area is 148 Å². The molecule has 0 bridgehead atoms. The van der Waals surface area contributed by atoms with Crippen LogP contribution in [0.3, 0.4) is 0 Å². The third-order valence-electron chi connectivity index (χ3n) is 3.21. The largest absolute Gasteiger partial charge is 0.508 e. The smallest absolute Gasteiger partial charge is 0.119 e. The lowest BCUT2D eigenvalue weighted by Crippen LogP contribution is -1.98. The Balaban J connectivity index is 0.000000254. The minimum atomic E-state index is 0.158. The van der Waals surface area contributed by atoms with Crippen LogP contribution in [0.15, 0.2) is 48.5 Å². The predicted molar refractivity (Wildman–Crippen MR) is 97.0 cm³/mol. The van der Waals surface area contributed by atoms with E-state index in [0.717, 1.165) is 23.3 Å². The van der Waals surface area contributed by atoms with Crippen LogP contribution in [-0.2, 0) is 12.8 Å². The van der Waals surface area contributed by atoms with Crippen molar-refractivity contribution < 1.29 is 20.1 Å². The van der Waals surface area contributed by atoms with E-state index in [1.54, 1.807) is 24.3 Å². The van der Waals surface area contributed by atoms with E-state index in [0.29, 0.717) is 25.3 Å². The van der Waals surface area contributed by atoms with Gasteiger partial charge in [-0.25, -0.2) is 0 Å². The van der Waals surface area contributed by atoms with E-state index in [-0.39, 0.29) is 19.0 Å². The maximum atomic E-state index is 8.86. The second kappa shape index (κ2) is 12.6. The van der Waals surface area contributed by atoms with E-state index in [9.17, 15) is 0 Å². The second-order valence-corrected chi connectivity index (χ2v) is 5.53. The fraction of sp³-hybridized carbons (Fsp3) is 0.368. The first-order chi connectivity index (χ1) is 11.7. The molecule has 0 aliphatic heterocycles. The lowest BCUT2D eigenvalue weighted by molar-refractivity contribution is 0.299. The van der Waals surface area contributed by atoms with Crippen LogP contribution in [0.2, 0.25) is 0 Å². The summed E-state index contributed by atoms with van der Waals surface area (Å²) in [5.41, 5.74) is 2.16. The first-order valence-electron chi connectivity index (χ1n) is 7.97. The van der Waals surface area contributed by atoms with E-state index < -0.39 is 0 Å². The van der Waals surface area contributed by atoms with Gasteiger partial charge in [0.25, 0.3) is 0 Å². The minimum absolute atomic E-state index is 0.158. The van der Waals surface area contributed by atoms with Crippen molar-refractivity contribution in [3.8, 4) is 11.5 Å². The van der Waals surface area contributed by atoms with Crippen LogP contribution in [0, 0.1) is 0 Å². The third-order valence-corrected chi connectivity index (χ3v) is 3.47. The van der Waals surface area contributed by atoms with Gasteiger partial charge in [0.2, 0.25) is 0 Å². The topological polar surface area (TPSA) is 69.9 Å². The predicted octanol–water partition coefficient (Wildman–Crippen LogP) is 3.16. The second-order valence-electron chi connectivity index (χ2n) is 5.15. The highest BCUT2D eigenvalue weighted by Gasteiger charge is 1.95. The molecule has 0 unspecified atom stereocenters. The molecule has 0 radical (unpaired) electrons. The van der Waals surface area contributed by atoms with Crippen molar-refractivity contribution in [1.82, 2.24) is 0 Å². The molecule has 0 aliphatic carbocycles. The average molecular weight is 353 g/mol. The van der Waals surface area contributed by atoms with Crippen LogP contribution < -0.4 is 4.74 Å². The van der Waals surface area contributed by atoms with E-state index in [1.165, 1.54) is 0 Å². The number of halogens is 1. The monoisotopic (exact) mass is 352 g/mol. The zero-order valence-electron chi connectivity index (χ0n) is 13.7. The molecule has 2 rings (SSSR count). The summed E-state index contributed by atoms with van der Waals surface area (Å²) in [5, 5.41) is 26.1. The molecule has 0 atom stereocenters. The molecule has 0 amide bonds. The molecule has 0 heterocycles. The number of phenolic OH excluding ortho intramolecular Hbond substituents is 1. The molecular formula is C19H25ClO4. The number of hydrogen-bond donors (Lipinski definition) is 3. The van der Waals surface area contributed by atoms with Gasteiger partial charge in [0.1, 0.15) is 11.5 Å². The van der Waals surface area contributed by atoms with Crippen LogP contribution in [-0.4, -0.2) is 41.0 Å². The fourth-order valence-electron chi connectivity index (χ4n) is 1.92. The number of hydrogen-bond acceptors (Lipinski definition) is 4. The summed E-state index contributed by atoms with van der Waals surface area (Å²) in [6, 6.07) is 14.6. The van der Waals surface area contributed by atoms with Crippen molar-refractivity contribution >= 4 is 11.6 Å². The first kappa shape index (κ1) is 20.3. The van der Waals surface area contributed by atoms with Gasteiger partial charge in [-0.2, -0.15) is 0 Å². The fourth-order valence-corrected chi connectivity index (χ4v) is 2.03. The van der Waals surface area contributed by atoms with Gasteiger partial charge in [-0.3, -0.25) is 0 Å². The number of aliphatic hydroxyl groups excluding tert-OH is 2. The van der Waals surface area contributed by atoms with Crippen LogP contribution in [0.1, 0.15) is 17.5 Å². The lowest BCUT2D eigenvalue weighted by atomic mass is 10.1. The van der Waals surface area contributed by atoms with Crippen molar-refractivity contribution in [2.75, 3.05) is 25.7 Å². The van der Waals surface area contributed by atoms with E-state index in [2.05, 4.69) is 0 Å². The first-order valence-corrected chi connectivity index (χ1v) is 8.50. The zero-order valence-corrected chi connectivity index (χ0v) is 14.5. The number of benzene rings is 2. The molecule has 0 fully saturated rings. The van der Waals surface area contributed by atoms with Gasteiger partial charge >= 0.3 is 0 Å². The molecule has 2 aromatic carbocycles. The summed E-state index contributed by atoms with van der Waals surface area (Å²) in [6.07, 6.45) is 2.21. The quantitative estimate of drug-likeness (QED) is 0.504. The summed E-state index contributed by atoms with van der Waals surface area (Å²) in [7, 11) is 0. The Morgan fingerprint density at radius 1 is 0.792 bits per heavy atom. The number of rotatable bonds is 8. The Kier molecular flexibility index (Phi) is 10.7. The molecule has 0 aromatic heterocycles. The maximum Gasteiger partial charge on any atom is 0.119 e. The summed E-state index contributed by atoms with van der Waals surface area (Å²) in [6.45, 7) is 1.00. The molecule has 0 saturated heterocycles. The van der Waals surface area contributed by atoms with Gasteiger partial charge < -0.3 is 20.1 Å². The summed E-state index contributed by atoms with van der Waals surface area (Å²) in [5.74, 6) is 1.75. The molecule has 0 aliphatic rings. The number of ether oxygens (including phenoxy) is 1. The standard InChI is InChI=1S/C11H15ClO2.C8H10O2/c12-7-1-9-14-11-4-2-10(3-5-11)6-8-13;9-6-5-7-1-3-8(10)4-2-7/h2-5,13H,1,6-9H2;1-4,9-10H,5-6H2. The van der Waals surface area contributed by atoms with Gasteiger partial charge in [-0.1, -0.05) is 24.3 Å². The highest BCUT2D eigenvalue weighted by atomic mass is 35.5. The third kappa shape index (κ3) is 8.77. The lowest BCUT2D eigenvalue weighted by Gasteiger charge is -2.05. The van der Waals surface area contributed by atoms with Gasteiger partial charge in [0, 0.05) is 19.1 Å². The normalized spacial score (nSPS) is 9.96. The highest BCUT2D eigenvalue weighted by Crippen LogP contribution is 2.12. The SMILES string of the molecule is OCCc1ccc(O)cc1.OCCc1ccc(OCCCCl)cc1. The Hall–Kier alpha value is -1.75. The van der Waals surface area contributed by atoms with Gasteiger partial charge in [-0.15, -0.1) is 11.6 Å². The summed E-state index contributed by atoms with van der Waals surface area (Å²) >= 11 is 5.53. The van der Waals surface area contributed by atoms with Crippen LogP contribution in [0.25, 0.3) is 0 Å². The van der Waals surface area contributed by atoms with Crippen LogP contribution >= 0.6 is 11.6 Å². The van der Waals surface area contributed by atoms with Crippen LogP contribution in [0.4, 0.5) is 0 Å². The number of alkyl halides is 1. The molecule has 0 spiro atoms. The molecule has 5 heteroatoms. The molecule has 24 heavy (non-hydrogen) atoms. The minimum Gasteiger partial charge on any atom is -0.508 e. The number of aliphatic hydroxyl groups is 2. The van der Waals surface area contributed by atoms with Gasteiger partial charge in [-0.05, 0) is 54.7 Å². The average Bonchev–Trinajstić information content (AvgIpc) is 2.60. The Morgan fingerprint density at radius 3 is 1.75 bits per heavy atom. The molecule has 0 saturated carbocycles. The zero-order chi connectivity index (χ0) is 17.6. The van der Waals surface area contributed by atoms with E-state index >= 15 is 0 Å². The molecule has 2 aromatic rings.